The van der Waals surface area contributed by atoms with E-state index >= 15 is 0 Å². The van der Waals surface area contributed by atoms with Gasteiger partial charge in [0.1, 0.15) is 11.7 Å². The Hall–Kier alpha value is -2.35. The lowest BCUT2D eigenvalue weighted by Crippen LogP contribution is -2.48. The number of aryl methyl sites for hydroxylation is 2. The fraction of sp³-hybridized carbons (Fsp3) is 0.417. The van der Waals surface area contributed by atoms with Gasteiger partial charge < -0.3 is 10.4 Å². The van der Waals surface area contributed by atoms with E-state index < -0.39 is 5.60 Å². The summed E-state index contributed by atoms with van der Waals surface area (Å²) >= 11 is 6.08. The molecule has 2 aromatic rings. The van der Waals surface area contributed by atoms with Gasteiger partial charge in [0.25, 0.3) is 5.91 Å². The molecule has 152 valence electrons. The van der Waals surface area contributed by atoms with Gasteiger partial charge in [-0.25, -0.2) is 0 Å². The average Bonchev–Trinajstić information content (AvgIpc) is 3.25. The molecule has 1 unspecified atom stereocenters. The highest BCUT2D eigenvalue weighted by Crippen LogP contribution is 2.38. The summed E-state index contributed by atoms with van der Waals surface area (Å²) in [6.07, 6.45) is 5.79. The molecule has 0 radical (unpaired) electrons. The maximum absolute atomic E-state index is 13.1. The number of nitrogens with zero attached hydrogens (tertiary/aromatic N) is 1. The molecule has 5 heteroatoms. The molecule has 0 spiro atoms. The third kappa shape index (κ3) is 5.18. The van der Waals surface area contributed by atoms with Gasteiger partial charge in [-0.1, -0.05) is 54.3 Å². The Bertz CT molecular complexity index is 898. The van der Waals surface area contributed by atoms with Crippen LogP contribution in [0.15, 0.2) is 42.5 Å². The van der Waals surface area contributed by atoms with Crippen molar-refractivity contribution in [2.75, 3.05) is 5.32 Å². The number of carbonyl (C=O) groups excluding carboxylic acids is 1. The summed E-state index contributed by atoms with van der Waals surface area (Å²) in [5.74, 6) is -0.413. The van der Waals surface area contributed by atoms with Crippen molar-refractivity contribution >= 4 is 23.2 Å². The van der Waals surface area contributed by atoms with Gasteiger partial charge in [0, 0.05) is 5.69 Å². The minimum absolute atomic E-state index is 0.0330. The van der Waals surface area contributed by atoms with Crippen molar-refractivity contribution in [3.63, 3.8) is 0 Å². The second kappa shape index (κ2) is 9.43. The van der Waals surface area contributed by atoms with Crippen LogP contribution in [0.25, 0.3) is 0 Å². The number of halogens is 1. The summed E-state index contributed by atoms with van der Waals surface area (Å²) in [5, 5.41) is 23.6. The Morgan fingerprint density at radius 3 is 2.55 bits per heavy atom. The van der Waals surface area contributed by atoms with Crippen molar-refractivity contribution in [1.29, 1.82) is 5.26 Å². The van der Waals surface area contributed by atoms with Crippen molar-refractivity contribution in [2.24, 2.45) is 5.92 Å². The summed E-state index contributed by atoms with van der Waals surface area (Å²) < 4.78 is 0. The van der Waals surface area contributed by atoms with E-state index in [4.69, 9.17) is 16.9 Å². The van der Waals surface area contributed by atoms with E-state index in [1.807, 2.05) is 6.07 Å². The first kappa shape index (κ1) is 21.4. The molecule has 2 N–H and O–H groups in total. The monoisotopic (exact) mass is 410 g/mol. The molecule has 4 nitrogen and oxygen atoms in total. The summed E-state index contributed by atoms with van der Waals surface area (Å²) in [5.41, 5.74) is 1.88. The van der Waals surface area contributed by atoms with E-state index in [0.717, 1.165) is 38.5 Å². The number of nitriles is 1. The van der Waals surface area contributed by atoms with Gasteiger partial charge in [-0.05, 0) is 68.7 Å². The molecule has 0 bridgehead atoms. The third-order valence-corrected chi connectivity index (χ3v) is 6.23. The lowest BCUT2D eigenvalue weighted by atomic mass is 9.80. The fourth-order valence-corrected chi connectivity index (χ4v) is 4.37. The molecule has 3 rings (SSSR count). The van der Waals surface area contributed by atoms with Crippen LogP contribution in [0.2, 0.25) is 5.02 Å². The van der Waals surface area contributed by atoms with Gasteiger partial charge in [0.15, 0.2) is 0 Å². The largest absolute Gasteiger partial charge is 0.380 e. The molecule has 0 heterocycles. The van der Waals surface area contributed by atoms with Gasteiger partial charge in [-0.15, -0.1) is 0 Å². The molecule has 0 aliphatic heterocycles. The zero-order valence-electron chi connectivity index (χ0n) is 16.7. The zero-order chi connectivity index (χ0) is 20.9. The second-order valence-electron chi connectivity index (χ2n) is 8.01. The van der Waals surface area contributed by atoms with Crippen LogP contribution in [0.4, 0.5) is 5.69 Å². The van der Waals surface area contributed by atoms with E-state index in [2.05, 4.69) is 36.5 Å². The van der Waals surface area contributed by atoms with Gasteiger partial charge in [0.05, 0.1) is 10.6 Å². The highest BCUT2D eigenvalue weighted by Gasteiger charge is 2.44. The molecule has 1 atom stereocenters. The van der Waals surface area contributed by atoms with Crippen LogP contribution in [0.1, 0.15) is 55.2 Å². The third-order valence-electron chi connectivity index (χ3n) is 5.92. The Labute approximate surface area is 177 Å². The van der Waals surface area contributed by atoms with Crippen LogP contribution in [0.3, 0.4) is 0 Å². The van der Waals surface area contributed by atoms with Crippen LogP contribution >= 0.6 is 11.6 Å². The maximum Gasteiger partial charge on any atom is 0.256 e. The van der Waals surface area contributed by atoms with Crippen molar-refractivity contribution in [3.05, 3.63) is 64.2 Å². The SMILES string of the molecule is Cc1ccc(CCCC(O)(C(=O)Nc2ccc(C#N)c(Cl)c2)C2CCCC2)cc1. The number of amides is 1. The molecule has 0 saturated heterocycles. The lowest BCUT2D eigenvalue weighted by molar-refractivity contribution is -0.141. The van der Waals surface area contributed by atoms with Crippen molar-refractivity contribution in [2.45, 2.75) is 57.5 Å². The minimum atomic E-state index is -1.40. The quantitative estimate of drug-likeness (QED) is 0.641. The van der Waals surface area contributed by atoms with E-state index in [9.17, 15) is 9.90 Å². The van der Waals surface area contributed by atoms with Gasteiger partial charge in [-0.2, -0.15) is 5.26 Å². The Morgan fingerprint density at radius 1 is 1.24 bits per heavy atom. The fourth-order valence-electron chi connectivity index (χ4n) is 4.15. The molecule has 0 aromatic heterocycles. The number of rotatable bonds is 7. The summed E-state index contributed by atoms with van der Waals surface area (Å²) in [7, 11) is 0. The van der Waals surface area contributed by atoms with Gasteiger partial charge >= 0.3 is 0 Å². The summed E-state index contributed by atoms with van der Waals surface area (Å²) in [4.78, 5) is 13.1. The number of nitrogens with one attached hydrogen (secondary N) is 1. The molecule has 1 aliphatic carbocycles. The van der Waals surface area contributed by atoms with Crippen LogP contribution in [-0.2, 0) is 11.2 Å². The van der Waals surface area contributed by atoms with E-state index in [1.54, 1.807) is 18.2 Å². The van der Waals surface area contributed by atoms with Gasteiger partial charge in [0.2, 0.25) is 0 Å². The number of hydrogen-bond donors (Lipinski definition) is 2. The second-order valence-corrected chi connectivity index (χ2v) is 8.41. The molecule has 1 fully saturated rings. The van der Waals surface area contributed by atoms with Crippen molar-refractivity contribution in [1.82, 2.24) is 0 Å². The normalized spacial score (nSPS) is 16.2. The Balaban J connectivity index is 1.71. The molecule has 1 amide bonds. The highest BCUT2D eigenvalue weighted by molar-refractivity contribution is 6.32. The van der Waals surface area contributed by atoms with E-state index in [-0.39, 0.29) is 16.8 Å². The first-order valence-corrected chi connectivity index (χ1v) is 10.6. The highest BCUT2D eigenvalue weighted by atomic mass is 35.5. The predicted molar refractivity (Wildman–Crippen MR) is 116 cm³/mol. The maximum atomic E-state index is 13.1. The van der Waals surface area contributed by atoms with Crippen LogP contribution in [0, 0.1) is 24.2 Å². The Morgan fingerprint density at radius 2 is 1.93 bits per heavy atom. The first-order valence-electron chi connectivity index (χ1n) is 10.2. The van der Waals surface area contributed by atoms with Crippen LogP contribution in [-0.4, -0.2) is 16.6 Å². The van der Waals surface area contributed by atoms with Gasteiger partial charge in [-0.3, -0.25) is 4.79 Å². The van der Waals surface area contributed by atoms with Crippen LogP contribution in [0.5, 0.6) is 0 Å². The molecule has 2 aromatic carbocycles. The van der Waals surface area contributed by atoms with Crippen molar-refractivity contribution in [3.8, 4) is 6.07 Å². The lowest BCUT2D eigenvalue weighted by Gasteiger charge is -2.33. The number of aliphatic hydroxyl groups is 1. The summed E-state index contributed by atoms with van der Waals surface area (Å²) in [6, 6.07) is 15.1. The summed E-state index contributed by atoms with van der Waals surface area (Å²) in [6.45, 7) is 2.06. The van der Waals surface area contributed by atoms with E-state index in [0.29, 0.717) is 17.7 Å². The predicted octanol–water partition coefficient (Wildman–Crippen LogP) is 5.40. The number of anilines is 1. The smallest absolute Gasteiger partial charge is 0.256 e. The van der Waals surface area contributed by atoms with E-state index in [1.165, 1.54) is 11.1 Å². The first-order chi connectivity index (χ1) is 13.9. The van der Waals surface area contributed by atoms with Crippen molar-refractivity contribution < 1.29 is 9.90 Å². The standard InChI is InChI=1S/C24H27ClN2O2/c1-17-8-10-18(11-9-17)5-4-14-24(29,20-6-2-3-7-20)23(28)27-21-13-12-19(16-26)22(25)15-21/h8-13,15,20,29H,2-7,14H2,1H3,(H,27,28). The topological polar surface area (TPSA) is 73.1 Å². The Kier molecular flexibility index (Phi) is 6.95. The molecule has 1 aliphatic rings. The molecular formula is C24H27ClN2O2. The molecule has 1 saturated carbocycles. The van der Waals surface area contributed by atoms with Crippen LogP contribution < -0.4 is 5.32 Å². The number of hydrogen-bond acceptors (Lipinski definition) is 3. The number of carbonyl (C=O) groups is 1. The zero-order valence-corrected chi connectivity index (χ0v) is 17.5. The average molecular weight is 411 g/mol. The molecule has 29 heavy (non-hydrogen) atoms. The minimum Gasteiger partial charge on any atom is -0.380 e. The molecular weight excluding hydrogens is 384 g/mol. The number of benzene rings is 2.